The summed E-state index contributed by atoms with van der Waals surface area (Å²) in [6, 6.07) is 6.00. The van der Waals surface area contributed by atoms with Gasteiger partial charge < -0.3 is 19.2 Å². The maximum atomic E-state index is 11.9. The van der Waals surface area contributed by atoms with Gasteiger partial charge >= 0.3 is 7.12 Å². The zero-order valence-electron chi connectivity index (χ0n) is 16.8. The number of benzene rings is 1. The summed E-state index contributed by atoms with van der Waals surface area (Å²) < 4.78 is 41.1. The van der Waals surface area contributed by atoms with Crippen LogP contribution >= 0.6 is 0 Å². The van der Waals surface area contributed by atoms with Gasteiger partial charge in [0.1, 0.15) is 5.60 Å². The summed E-state index contributed by atoms with van der Waals surface area (Å²) in [5, 5.41) is 9.69. The summed E-state index contributed by atoms with van der Waals surface area (Å²) >= 11 is 0. The third kappa shape index (κ3) is 3.48. The molecule has 0 saturated carbocycles. The number of nitrogens with zero attached hydrogens (tertiary/aromatic N) is 1. The number of pyridine rings is 1. The first-order valence-corrected chi connectivity index (χ1v) is 12.0. The zero-order chi connectivity index (χ0) is 20.9. The second kappa shape index (κ2) is 7.25. The van der Waals surface area contributed by atoms with Gasteiger partial charge in [-0.05, 0) is 29.6 Å². The van der Waals surface area contributed by atoms with Crippen LogP contribution in [0.15, 0.2) is 30.6 Å². The Morgan fingerprint density at radius 3 is 2.77 bits per heavy atom. The van der Waals surface area contributed by atoms with Crippen molar-refractivity contribution in [1.29, 1.82) is 0 Å². The normalized spacial score (nSPS) is 23.9. The molecule has 30 heavy (non-hydrogen) atoms. The first-order chi connectivity index (χ1) is 14.4. The van der Waals surface area contributed by atoms with Gasteiger partial charge in [0.05, 0.1) is 18.6 Å². The van der Waals surface area contributed by atoms with Crippen LogP contribution in [-0.4, -0.2) is 56.4 Å². The lowest BCUT2D eigenvalue weighted by Crippen LogP contribution is -2.43. The molecule has 2 aromatic rings. The molecule has 158 valence electrons. The Hall–Kier alpha value is -2.10. The van der Waals surface area contributed by atoms with Gasteiger partial charge in [-0.2, -0.15) is 0 Å². The quantitative estimate of drug-likeness (QED) is 0.748. The van der Waals surface area contributed by atoms with Crippen molar-refractivity contribution in [2.24, 2.45) is 0 Å². The van der Waals surface area contributed by atoms with Gasteiger partial charge in [-0.3, -0.25) is 4.98 Å². The SMILES string of the molecule is COc1ccc(-c2cncc([C@@H]3COB(O)C3)c2)c2c1OC1(CCS(=O)(=O)CC1)C2. The molecule has 0 amide bonds. The summed E-state index contributed by atoms with van der Waals surface area (Å²) in [7, 11) is -2.09. The molecule has 1 aromatic heterocycles. The Kier molecular flexibility index (Phi) is 4.80. The largest absolute Gasteiger partial charge is 0.493 e. The monoisotopic (exact) mass is 429 g/mol. The number of methoxy groups -OCH3 is 1. The molecule has 5 rings (SSSR count). The van der Waals surface area contributed by atoms with Crippen molar-refractivity contribution in [3.8, 4) is 22.6 Å². The van der Waals surface area contributed by atoms with Crippen LogP contribution < -0.4 is 9.47 Å². The summed E-state index contributed by atoms with van der Waals surface area (Å²) in [6.07, 6.45) is 5.84. The van der Waals surface area contributed by atoms with Crippen LogP contribution in [0.5, 0.6) is 11.5 Å². The topological polar surface area (TPSA) is 94.9 Å². The maximum Gasteiger partial charge on any atom is 0.454 e. The first-order valence-electron chi connectivity index (χ1n) is 10.2. The molecule has 9 heteroatoms. The van der Waals surface area contributed by atoms with Crippen LogP contribution in [0.2, 0.25) is 6.32 Å². The summed E-state index contributed by atoms with van der Waals surface area (Å²) in [6.45, 7) is 0.480. The van der Waals surface area contributed by atoms with Gasteiger partial charge in [0.15, 0.2) is 21.3 Å². The van der Waals surface area contributed by atoms with E-state index in [1.807, 2.05) is 24.5 Å². The molecule has 4 heterocycles. The lowest BCUT2D eigenvalue weighted by Gasteiger charge is -2.32. The van der Waals surface area contributed by atoms with E-state index in [-0.39, 0.29) is 17.4 Å². The van der Waals surface area contributed by atoms with E-state index in [0.29, 0.717) is 43.7 Å². The molecular weight excluding hydrogens is 405 g/mol. The molecule has 3 aliphatic heterocycles. The van der Waals surface area contributed by atoms with E-state index in [0.717, 1.165) is 22.3 Å². The van der Waals surface area contributed by atoms with Crippen molar-refractivity contribution >= 4 is 17.0 Å². The molecule has 2 fully saturated rings. The molecule has 7 nitrogen and oxygen atoms in total. The number of ether oxygens (including phenoxy) is 2. The van der Waals surface area contributed by atoms with Crippen LogP contribution in [0.1, 0.15) is 29.9 Å². The molecule has 1 spiro atoms. The van der Waals surface area contributed by atoms with Gasteiger partial charge in [0.2, 0.25) is 0 Å². The van der Waals surface area contributed by atoms with Crippen molar-refractivity contribution in [3.05, 3.63) is 41.7 Å². The molecule has 0 bridgehead atoms. The van der Waals surface area contributed by atoms with Crippen molar-refractivity contribution in [2.45, 2.75) is 37.1 Å². The van der Waals surface area contributed by atoms with Crippen molar-refractivity contribution < 1.29 is 27.6 Å². The summed E-state index contributed by atoms with van der Waals surface area (Å²) in [5.41, 5.74) is 3.56. The fourth-order valence-corrected chi connectivity index (χ4v) is 6.33. The maximum absolute atomic E-state index is 11.9. The highest BCUT2D eigenvalue weighted by molar-refractivity contribution is 7.91. The second-order valence-corrected chi connectivity index (χ2v) is 10.8. The fourth-order valence-electron chi connectivity index (χ4n) is 4.76. The predicted octanol–water partition coefficient (Wildman–Crippen LogP) is 2.23. The lowest BCUT2D eigenvalue weighted by molar-refractivity contribution is 0.0804. The van der Waals surface area contributed by atoms with Crippen molar-refractivity contribution in [3.63, 3.8) is 0 Å². The van der Waals surface area contributed by atoms with Crippen molar-refractivity contribution in [1.82, 2.24) is 4.98 Å². The molecule has 1 aromatic carbocycles. The number of fused-ring (bicyclic) bond motifs is 1. The number of hydrogen-bond donors (Lipinski definition) is 1. The highest BCUT2D eigenvalue weighted by Crippen LogP contribution is 2.50. The van der Waals surface area contributed by atoms with Crippen LogP contribution in [0, 0.1) is 0 Å². The first kappa shape index (κ1) is 19.8. The molecule has 0 aliphatic carbocycles. The average molecular weight is 429 g/mol. The Labute approximate surface area is 176 Å². The minimum atomic E-state index is -2.98. The second-order valence-electron chi connectivity index (χ2n) is 8.46. The Morgan fingerprint density at radius 1 is 1.27 bits per heavy atom. The smallest absolute Gasteiger partial charge is 0.454 e. The highest BCUT2D eigenvalue weighted by atomic mass is 32.2. The van der Waals surface area contributed by atoms with E-state index in [9.17, 15) is 13.4 Å². The fraction of sp³-hybridized carbons (Fsp3) is 0.476. The molecular formula is C21H24BNO6S. The number of hydrogen-bond acceptors (Lipinski definition) is 7. The van der Waals surface area contributed by atoms with Gasteiger partial charge in [0, 0.05) is 55.3 Å². The molecule has 2 saturated heterocycles. The standard InChI is InChI=1S/C21H24BNO6S/c1-27-19-3-2-17(15-8-14(11-23-12-15)16-10-22(24)28-13-16)18-9-21(29-20(18)19)4-6-30(25,26)7-5-21/h2-3,8,11-12,16,24H,4-7,9-10,13H2,1H3/t16-/m0/s1. The van der Waals surface area contributed by atoms with Gasteiger partial charge in [-0.25, -0.2) is 8.42 Å². The highest BCUT2D eigenvalue weighted by Gasteiger charge is 2.46. The van der Waals surface area contributed by atoms with Crippen LogP contribution in [0.25, 0.3) is 11.1 Å². The predicted molar refractivity (Wildman–Crippen MR) is 113 cm³/mol. The average Bonchev–Trinajstić information content (AvgIpc) is 3.34. The van der Waals surface area contributed by atoms with Gasteiger partial charge in [-0.15, -0.1) is 0 Å². The van der Waals surface area contributed by atoms with Gasteiger partial charge in [0.25, 0.3) is 0 Å². The summed E-state index contributed by atoms with van der Waals surface area (Å²) in [4.78, 5) is 4.43. The van der Waals surface area contributed by atoms with Crippen molar-refractivity contribution in [2.75, 3.05) is 25.2 Å². The third-order valence-electron chi connectivity index (χ3n) is 6.52. The molecule has 1 atom stereocenters. The zero-order valence-corrected chi connectivity index (χ0v) is 17.7. The minimum absolute atomic E-state index is 0.116. The Morgan fingerprint density at radius 2 is 2.07 bits per heavy atom. The van der Waals surface area contributed by atoms with E-state index < -0.39 is 22.6 Å². The van der Waals surface area contributed by atoms with Crippen LogP contribution in [0.4, 0.5) is 0 Å². The molecule has 1 N–H and O–H groups in total. The van der Waals surface area contributed by atoms with Gasteiger partial charge in [-0.1, -0.05) is 6.07 Å². The van der Waals surface area contributed by atoms with E-state index in [1.54, 1.807) is 7.11 Å². The Balaban J connectivity index is 1.51. The van der Waals surface area contributed by atoms with E-state index in [4.69, 9.17) is 14.1 Å². The molecule has 0 radical (unpaired) electrons. The summed E-state index contributed by atoms with van der Waals surface area (Å²) in [5.74, 6) is 1.79. The third-order valence-corrected chi connectivity index (χ3v) is 8.17. The van der Waals surface area contributed by atoms with Crippen LogP contribution in [-0.2, 0) is 20.9 Å². The Bertz CT molecular complexity index is 1070. The number of rotatable bonds is 3. The minimum Gasteiger partial charge on any atom is -0.493 e. The van der Waals surface area contributed by atoms with E-state index in [1.165, 1.54) is 0 Å². The molecule has 0 unspecified atom stereocenters. The number of sulfone groups is 1. The van der Waals surface area contributed by atoms with E-state index in [2.05, 4.69) is 11.1 Å². The van der Waals surface area contributed by atoms with Crippen LogP contribution in [0.3, 0.4) is 0 Å². The molecule has 3 aliphatic rings. The number of aromatic nitrogens is 1. The lowest BCUT2D eigenvalue weighted by atomic mass is 9.79. The van der Waals surface area contributed by atoms with E-state index >= 15 is 0 Å².